The summed E-state index contributed by atoms with van der Waals surface area (Å²) in [7, 11) is 0. The lowest BCUT2D eigenvalue weighted by atomic mass is 10.1. The molecule has 4 aromatic rings. The quantitative estimate of drug-likeness (QED) is 0.162. The molecule has 2 N–H and O–H groups in total. The largest absolute Gasteiger partial charge is 0.455 e. The predicted molar refractivity (Wildman–Crippen MR) is 132 cm³/mol. The summed E-state index contributed by atoms with van der Waals surface area (Å²) in [6.07, 6.45) is -3.27. The van der Waals surface area contributed by atoms with Crippen LogP contribution in [0, 0.1) is 17.0 Å². The number of furan rings is 1. The number of aryl methyl sites for hydroxylation is 1. The molecule has 0 atom stereocenters. The normalized spacial score (nSPS) is 11.6. The Labute approximate surface area is 211 Å². The average Bonchev–Trinajstić information content (AvgIpc) is 3.48. The highest BCUT2D eigenvalue weighted by Gasteiger charge is 2.30. The van der Waals surface area contributed by atoms with Crippen molar-refractivity contribution < 1.29 is 27.3 Å². The summed E-state index contributed by atoms with van der Waals surface area (Å²) in [4.78, 5) is 27.0. The van der Waals surface area contributed by atoms with Gasteiger partial charge in [0.2, 0.25) is 5.91 Å². The van der Waals surface area contributed by atoms with E-state index in [4.69, 9.17) is 4.42 Å². The third-order valence-electron chi connectivity index (χ3n) is 5.04. The maximum atomic E-state index is 12.9. The zero-order valence-corrected chi connectivity index (χ0v) is 19.9. The van der Waals surface area contributed by atoms with Crippen molar-refractivity contribution in [2.45, 2.75) is 19.5 Å². The second-order valence-electron chi connectivity index (χ2n) is 7.78. The average molecular weight is 530 g/mol. The van der Waals surface area contributed by atoms with Crippen LogP contribution < -0.4 is 10.7 Å². The van der Waals surface area contributed by atoms with E-state index in [-0.39, 0.29) is 17.8 Å². The van der Waals surface area contributed by atoms with E-state index < -0.39 is 22.6 Å². The first-order valence-electron chi connectivity index (χ1n) is 10.6. The van der Waals surface area contributed by atoms with Crippen molar-refractivity contribution in [2.24, 2.45) is 5.10 Å². The molecule has 2 heterocycles. The van der Waals surface area contributed by atoms with Crippen molar-refractivity contribution in [1.82, 2.24) is 10.4 Å². The molecule has 2 aromatic carbocycles. The Morgan fingerprint density at radius 3 is 2.78 bits per heavy atom. The van der Waals surface area contributed by atoms with Gasteiger partial charge in [-0.3, -0.25) is 14.9 Å². The minimum absolute atomic E-state index is 0.0605. The zero-order chi connectivity index (χ0) is 26.6. The summed E-state index contributed by atoms with van der Waals surface area (Å²) in [6.45, 7) is 1.80. The Kier molecular flexibility index (Phi) is 7.34. The summed E-state index contributed by atoms with van der Waals surface area (Å²) in [6, 6.07) is 12.4. The first-order valence-corrected chi connectivity index (χ1v) is 11.5. The fourth-order valence-electron chi connectivity index (χ4n) is 3.27. The number of halogens is 3. The number of rotatable bonds is 8. The zero-order valence-electron chi connectivity index (χ0n) is 19.1. The molecule has 9 nitrogen and oxygen atoms in total. The second-order valence-corrected chi connectivity index (χ2v) is 8.63. The number of hydrogen-bond donors (Lipinski definition) is 2. The molecule has 1 amide bonds. The lowest BCUT2D eigenvalue weighted by Gasteiger charge is -2.08. The Morgan fingerprint density at radius 2 is 2.03 bits per heavy atom. The number of hydrogen-bond acceptors (Lipinski definition) is 8. The van der Waals surface area contributed by atoms with Crippen molar-refractivity contribution in [3.05, 3.63) is 92.7 Å². The standard InChI is InChI=1S/C24H18F3N5O4S/c1-14-5-6-18(32(34)35)11-20(14)21-8-7-19(36-21)12-28-31-22(33)10-17-13-37-23(30-17)29-16-4-2-3-15(9-16)24(25,26)27/h2-9,11-13H,10H2,1H3,(H,29,30)(H,31,33)/b28-12-. The van der Waals surface area contributed by atoms with Gasteiger partial charge in [-0.15, -0.1) is 11.3 Å². The number of carbonyl (C=O) groups excluding carboxylic acids is 1. The highest BCUT2D eigenvalue weighted by Crippen LogP contribution is 2.32. The fraction of sp³-hybridized carbons (Fsp3) is 0.125. The third kappa shape index (κ3) is 6.58. The highest BCUT2D eigenvalue weighted by molar-refractivity contribution is 7.13. The number of aromatic nitrogens is 1. The molecule has 0 radical (unpaired) electrons. The monoisotopic (exact) mass is 529 g/mol. The van der Waals surface area contributed by atoms with Crippen LogP contribution in [0.4, 0.5) is 29.7 Å². The lowest BCUT2D eigenvalue weighted by molar-refractivity contribution is -0.384. The molecule has 0 fully saturated rings. The van der Waals surface area contributed by atoms with Crippen LogP contribution in [-0.4, -0.2) is 22.0 Å². The van der Waals surface area contributed by atoms with Gasteiger partial charge in [0, 0.05) is 28.8 Å². The topological polar surface area (TPSA) is 123 Å². The molecular formula is C24H18F3N5O4S. The molecule has 13 heteroatoms. The second kappa shape index (κ2) is 10.6. The van der Waals surface area contributed by atoms with Crippen molar-refractivity contribution in [2.75, 3.05) is 5.32 Å². The SMILES string of the molecule is Cc1ccc([N+](=O)[O-])cc1-c1ccc(/C=N\NC(=O)Cc2csc(Nc3cccc(C(F)(F)F)c3)n2)o1. The molecule has 37 heavy (non-hydrogen) atoms. The molecular weight excluding hydrogens is 511 g/mol. The first kappa shape index (κ1) is 25.6. The first-order chi connectivity index (χ1) is 17.6. The van der Waals surface area contributed by atoms with Crippen LogP contribution in [0.2, 0.25) is 0 Å². The number of nitro benzene ring substituents is 1. The number of non-ortho nitro benzene ring substituents is 1. The van der Waals surface area contributed by atoms with Crippen LogP contribution in [-0.2, 0) is 17.4 Å². The number of nitrogens with one attached hydrogen (secondary N) is 2. The summed E-state index contributed by atoms with van der Waals surface area (Å²) in [5.74, 6) is 0.271. The molecule has 4 rings (SSSR count). The van der Waals surface area contributed by atoms with E-state index in [0.29, 0.717) is 27.9 Å². The molecule has 0 saturated carbocycles. The summed E-state index contributed by atoms with van der Waals surface area (Å²) in [5, 5.41) is 19.6. The molecule has 0 saturated heterocycles. The van der Waals surface area contributed by atoms with Crippen molar-refractivity contribution in [3.8, 4) is 11.3 Å². The Morgan fingerprint density at radius 1 is 1.22 bits per heavy atom. The number of thiazole rings is 1. The molecule has 0 spiro atoms. The molecule has 0 aliphatic rings. The van der Waals surface area contributed by atoms with Gasteiger partial charge in [-0.2, -0.15) is 18.3 Å². The fourth-order valence-corrected chi connectivity index (χ4v) is 4.00. The van der Waals surface area contributed by atoms with Crippen molar-refractivity contribution >= 4 is 40.0 Å². The smallest absolute Gasteiger partial charge is 0.416 e. The number of anilines is 2. The van der Waals surface area contributed by atoms with E-state index in [9.17, 15) is 28.1 Å². The Balaban J connectivity index is 1.33. The van der Waals surface area contributed by atoms with Crippen LogP contribution in [0.1, 0.15) is 22.6 Å². The Bertz CT molecular complexity index is 1480. The molecule has 0 aliphatic heterocycles. The van der Waals surface area contributed by atoms with Crippen molar-refractivity contribution in [1.29, 1.82) is 0 Å². The highest BCUT2D eigenvalue weighted by atomic mass is 32.1. The lowest BCUT2D eigenvalue weighted by Crippen LogP contribution is -2.19. The van der Waals surface area contributed by atoms with Gasteiger partial charge >= 0.3 is 6.18 Å². The van der Waals surface area contributed by atoms with Crippen LogP contribution in [0.15, 0.2) is 69.5 Å². The van der Waals surface area contributed by atoms with Gasteiger partial charge in [-0.1, -0.05) is 12.1 Å². The predicted octanol–water partition coefficient (Wildman–Crippen LogP) is 6.07. The molecule has 0 bridgehead atoms. The summed E-state index contributed by atoms with van der Waals surface area (Å²) < 4.78 is 44.3. The van der Waals surface area contributed by atoms with Gasteiger partial charge in [-0.25, -0.2) is 10.4 Å². The minimum atomic E-state index is -4.46. The van der Waals surface area contributed by atoms with Crippen LogP contribution in [0.25, 0.3) is 11.3 Å². The van der Waals surface area contributed by atoms with Gasteiger partial charge in [-0.05, 0) is 42.8 Å². The van der Waals surface area contributed by atoms with Gasteiger partial charge in [0.15, 0.2) is 5.13 Å². The molecule has 0 unspecified atom stereocenters. The van der Waals surface area contributed by atoms with Crippen LogP contribution in [0.3, 0.4) is 0 Å². The number of nitro groups is 1. The van der Waals surface area contributed by atoms with E-state index in [2.05, 4.69) is 20.8 Å². The maximum absolute atomic E-state index is 12.9. The number of alkyl halides is 3. The van der Waals surface area contributed by atoms with Gasteiger partial charge in [0.1, 0.15) is 11.5 Å². The minimum Gasteiger partial charge on any atom is -0.455 e. The van der Waals surface area contributed by atoms with Crippen LogP contribution in [0.5, 0.6) is 0 Å². The number of hydrazone groups is 1. The molecule has 190 valence electrons. The van der Waals surface area contributed by atoms with Gasteiger partial charge in [0.25, 0.3) is 5.69 Å². The van der Waals surface area contributed by atoms with E-state index in [1.54, 1.807) is 30.5 Å². The van der Waals surface area contributed by atoms with E-state index in [1.165, 1.54) is 30.5 Å². The maximum Gasteiger partial charge on any atom is 0.416 e. The number of amides is 1. The van der Waals surface area contributed by atoms with Crippen LogP contribution >= 0.6 is 11.3 Å². The van der Waals surface area contributed by atoms with Gasteiger partial charge < -0.3 is 9.73 Å². The van der Waals surface area contributed by atoms with Gasteiger partial charge in [0.05, 0.1) is 28.8 Å². The summed E-state index contributed by atoms with van der Waals surface area (Å²) >= 11 is 1.15. The number of nitrogens with zero attached hydrogens (tertiary/aromatic N) is 3. The van der Waals surface area contributed by atoms with E-state index in [1.807, 2.05) is 0 Å². The van der Waals surface area contributed by atoms with E-state index >= 15 is 0 Å². The molecule has 2 aromatic heterocycles. The third-order valence-corrected chi connectivity index (χ3v) is 5.85. The number of benzene rings is 2. The van der Waals surface area contributed by atoms with Crippen molar-refractivity contribution in [3.63, 3.8) is 0 Å². The number of carbonyl (C=O) groups is 1. The molecule has 0 aliphatic carbocycles. The summed E-state index contributed by atoms with van der Waals surface area (Å²) in [5.41, 5.74) is 3.50. The Hall–Kier alpha value is -4.52. The van der Waals surface area contributed by atoms with E-state index in [0.717, 1.165) is 29.0 Å².